The van der Waals surface area contributed by atoms with E-state index in [2.05, 4.69) is 13.8 Å². The van der Waals surface area contributed by atoms with E-state index in [9.17, 15) is 19.7 Å². The minimum absolute atomic E-state index is 0.113. The van der Waals surface area contributed by atoms with Gasteiger partial charge in [0, 0.05) is 23.8 Å². The molecule has 3 saturated carbocycles. The molecule has 0 aromatic rings. The van der Waals surface area contributed by atoms with Crippen LogP contribution in [0.2, 0.25) is 0 Å². The van der Waals surface area contributed by atoms with E-state index in [4.69, 9.17) is 0 Å². The molecule has 0 saturated heterocycles. The van der Waals surface area contributed by atoms with Gasteiger partial charge in [-0.15, -0.1) is 0 Å². The summed E-state index contributed by atoms with van der Waals surface area (Å²) in [5.41, 5.74) is 0.289. The van der Waals surface area contributed by atoms with Crippen molar-refractivity contribution in [2.24, 2.45) is 28.6 Å². The molecule has 0 N–H and O–H groups in total. The lowest BCUT2D eigenvalue weighted by atomic mass is 9.47. The summed E-state index contributed by atoms with van der Waals surface area (Å²) in [6.45, 7) is 4.29. The van der Waals surface area contributed by atoms with Crippen LogP contribution in [0.4, 0.5) is 0 Å². The van der Waals surface area contributed by atoms with Crippen molar-refractivity contribution in [3.8, 4) is 0 Å². The van der Waals surface area contributed by atoms with Gasteiger partial charge in [0.05, 0.1) is 4.92 Å². The van der Waals surface area contributed by atoms with E-state index in [0.717, 1.165) is 37.7 Å². The second-order valence-electron chi connectivity index (χ2n) is 8.76. The average Bonchev–Trinajstić information content (AvgIpc) is 2.83. The fourth-order valence-corrected chi connectivity index (χ4v) is 6.67. The van der Waals surface area contributed by atoms with E-state index >= 15 is 0 Å². The molecule has 4 aliphatic carbocycles. The second kappa shape index (κ2) is 4.99. The van der Waals surface area contributed by atoms with Crippen LogP contribution in [0.15, 0.2) is 11.3 Å². The first-order valence-electron chi connectivity index (χ1n) is 9.23. The van der Waals surface area contributed by atoms with Gasteiger partial charge in [-0.1, -0.05) is 13.8 Å². The Morgan fingerprint density at radius 3 is 2.38 bits per heavy atom. The maximum Gasteiger partial charge on any atom is 0.311 e. The van der Waals surface area contributed by atoms with Crippen molar-refractivity contribution in [1.82, 2.24) is 0 Å². The lowest BCUT2D eigenvalue weighted by Gasteiger charge is -2.56. The molecule has 0 aromatic carbocycles. The fourth-order valence-electron chi connectivity index (χ4n) is 6.67. The van der Waals surface area contributed by atoms with Crippen LogP contribution in [-0.2, 0) is 9.59 Å². The summed E-state index contributed by atoms with van der Waals surface area (Å²) < 4.78 is 0. The van der Waals surface area contributed by atoms with Gasteiger partial charge in [-0.05, 0) is 61.7 Å². The van der Waals surface area contributed by atoms with Gasteiger partial charge < -0.3 is 0 Å². The van der Waals surface area contributed by atoms with Crippen molar-refractivity contribution in [3.63, 3.8) is 0 Å². The van der Waals surface area contributed by atoms with Crippen LogP contribution in [0, 0.1) is 38.7 Å². The molecule has 0 radical (unpaired) electrons. The van der Waals surface area contributed by atoms with Crippen LogP contribution in [-0.4, -0.2) is 16.5 Å². The highest BCUT2D eigenvalue weighted by molar-refractivity contribution is 5.95. The van der Waals surface area contributed by atoms with Crippen LogP contribution in [0.25, 0.3) is 0 Å². The Morgan fingerprint density at radius 2 is 1.67 bits per heavy atom. The SMILES string of the molecule is C[C@]12CCC(=O)C([N+](=O)[O-])=C1CC[C@@H]1[C@@H]2CC[C@]2(C)C(=O)CC[C@@H]12. The largest absolute Gasteiger partial charge is 0.311 e. The zero-order chi connectivity index (χ0) is 17.3. The third-order valence-electron chi connectivity index (χ3n) is 7.99. The number of Topliss-reactive ketones (excluding diaryl/α,β-unsaturated/α-hetero) is 2. The predicted molar refractivity (Wildman–Crippen MR) is 87.7 cm³/mol. The number of carbonyl (C=O) groups is 2. The molecule has 4 rings (SSSR count). The van der Waals surface area contributed by atoms with E-state index in [1.807, 2.05) is 0 Å². The Morgan fingerprint density at radius 1 is 0.958 bits per heavy atom. The Kier molecular flexibility index (Phi) is 3.32. The Bertz CT molecular complexity index is 681. The monoisotopic (exact) mass is 331 g/mol. The number of carbonyl (C=O) groups excluding carboxylic acids is 2. The molecule has 0 heterocycles. The summed E-state index contributed by atoms with van der Waals surface area (Å²) in [6, 6.07) is 0. The lowest BCUT2D eigenvalue weighted by Crippen LogP contribution is -2.51. The minimum atomic E-state index is -0.443. The van der Waals surface area contributed by atoms with Gasteiger partial charge in [0.25, 0.3) is 0 Å². The second-order valence-corrected chi connectivity index (χ2v) is 8.76. The van der Waals surface area contributed by atoms with Gasteiger partial charge in [-0.2, -0.15) is 0 Å². The molecule has 5 nitrogen and oxygen atoms in total. The molecule has 130 valence electrons. The van der Waals surface area contributed by atoms with E-state index in [1.54, 1.807) is 0 Å². The van der Waals surface area contributed by atoms with Gasteiger partial charge >= 0.3 is 5.70 Å². The normalized spacial score (nSPS) is 44.8. The molecule has 0 aromatic heterocycles. The van der Waals surface area contributed by atoms with Crippen LogP contribution in [0.3, 0.4) is 0 Å². The van der Waals surface area contributed by atoms with Crippen LogP contribution in [0.1, 0.15) is 65.2 Å². The van der Waals surface area contributed by atoms with Gasteiger partial charge in [0.2, 0.25) is 5.78 Å². The van der Waals surface area contributed by atoms with Crippen LogP contribution in [0.5, 0.6) is 0 Å². The van der Waals surface area contributed by atoms with Crippen molar-refractivity contribution in [3.05, 3.63) is 21.4 Å². The number of allylic oxidation sites excluding steroid dienone is 1. The molecule has 24 heavy (non-hydrogen) atoms. The molecule has 5 atom stereocenters. The van der Waals surface area contributed by atoms with Crippen molar-refractivity contribution in [2.75, 3.05) is 0 Å². The fraction of sp³-hybridized carbons (Fsp3) is 0.789. The number of hydrogen-bond donors (Lipinski definition) is 0. The first-order chi connectivity index (χ1) is 11.3. The summed E-state index contributed by atoms with van der Waals surface area (Å²) in [5.74, 6) is 1.42. The van der Waals surface area contributed by atoms with E-state index < -0.39 is 4.92 Å². The smallest absolute Gasteiger partial charge is 0.299 e. The van der Waals surface area contributed by atoms with Crippen LogP contribution >= 0.6 is 0 Å². The highest BCUT2D eigenvalue weighted by Crippen LogP contribution is 2.64. The van der Waals surface area contributed by atoms with E-state index in [1.165, 1.54) is 0 Å². The van der Waals surface area contributed by atoms with Gasteiger partial charge in [0.15, 0.2) is 0 Å². The maximum atomic E-state index is 12.4. The van der Waals surface area contributed by atoms with Crippen LogP contribution < -0.4 is 0 Å². The lowest BCUT2D eigenvalue weighted by molar-refractivity contribution is -0.422. The van der Waals surface area contributed by atoms with E-state index in [-0.39, 0.29) is 22.3 Å². The highest BCUT2D eigenvalue weighted by Gasteiger charge is 2.60. The Labute approximate surface area is 142 Å². The quantitative estimate of drug-likeness (QED) is 0.542. The zero-order valence-electron chi connectivity index (χ0n) is 14.5. The molecule has 0 aliphatic heterocycles. The highest BCUT2D eigenvalue weighted by atomic mass is 16.6. The van der Waals surface area contributed by atoms with E-state index in [0.29, 0.717) is 42.8 Å². The topological polar surface area (TPSA) is 77.3 Å². The minimum Gasteiger partial charge on any atom is -0.299 e. The molecule has 0 spiro atoms. The molecule has 0 amide bonds. The third-order valence-corrected chi connectivity index (χ3v) is 7.99. The predicted octanol–water partition coefficient (Wildman–Crippen LogP) is 3.69. The molecular formula is C19H25NO4. The summed E-state index contributed by atoms with van der Waals surface area (Å²) in [7, 11) is 0. The van der Waals surface area contributed by atoms with Gasteiger partial charge in [0.1, 0.15) is 5.78 Å². The number of fused-ring (bicyclic) bond motifs is 5. The molecular weight excluding hydrogens is 306 g/mol. The summed E-state index contributed by atoms with van der Waals surface area (Å²) in [6.07, 6.45) is 6.12. The number of rotatable bonds is 1. The summed E-state index contributed by atoms with van der Waals surface area (Å²) in [4.78, 5) is 35.6. The van der Waals surface area contributed by atoms with Crippen molar-refractivity contribution in [2.45, 2.75) is 65.2 Å². The first kappa shape index (κ1) is 16.0. The molecule has 3 fully saturated rings. The molecule has 4 aliphatic rings. The number of hydrogen-bond acceptors (Lipinski definition) is 4. The molecule has 0 bridgehead atoms. The number of ketones is 2. The van der Waals surface area contributed by atoms with Crippen molar-refractivity contribution < 1.29 is 14.5 Å². The average molecular weight is 331 g/mol. The van der Waals surface area contributed by atoms with Crippen molar-refractivity contribution >= 4 is 11.6 Å². The number of nitro groups is 1. The third kappa shape index (κ3) is 1.87. The van der Waals surface area contributed by atoms with Gasteiger partial charge in [-0.3, -0.25) is 19.7 Å². The Balaban J connectivity index is 1.76. The zero-order valence-corrected chi connectivity index (χ0v) is 14.5. The van der Waals surface area contributed by atoms with Gasteiger partial charge in [-0.25, -0.2) is 0 Å². The van der Waals surface area contributed by atoms with Crippen molar-refractivity contribution in [1.29, 1.82) is 0 Å². The molecule has 0 unspecified atom stereocenters. The Hall–Kier alpha value is -1.52. The summed E-state index contributed by atoms with van der Waals surface area (Å²) in [5, 5.41) is 11.5. The maximum absolute atomic E-state index is 12.4. The molecule has 5 heteroatoms. The summed E-state index contributed by atoms with van der Waals surface area (Å²) >= 11 is 0. The first-order valence-corrected chi connectivity index (χ1v) is 9.23. The standard InChI is InChI=1S/C19H25NO4/c1-18-10-8-15(21)17(20(23)24)14(18)4-3-11-12-5-6-16(22)19(12,2)9-7-13(11)18/h11-13H,3-10H2,1-2H3/t11-,12-,13-,18+,19-/m0/s1. The number of nitrogens with zero attached hydrogens (tertiary/aromatic N) is 1.